The van der Waals surface area contributed by atoms with Gasteiger partial charge >= 0.3 is 0 Å². The van der Waals surface area contributed by atoms with E-state index in [1.807, 2.05) is 54.0 Å². The molecule has 4 rings (SSSR count). The van der Waals surface area contributed by atoms with Crippen LogP contribution in [0.5, 0.6) is 0 Å². The van der Waals surface area contributed by atoms with Crippen molar-refractivity contribution < 1.29 is 4.79 Å². The summed E-state index contributed by atoms with van der Waals surface area (Å²) in [6.45, 7) is 0. The highest BCUT2D eigenvalue weighted by Crippen LogP contribution is 2.26. The third-order valence-electron chi connectivity index (χ3n) is 4.09. The minimum absolute atomic E-state index is 0.359. The van der Waals surface area contributed by atoms with Gasteiger partial charge < -0.3 is 5.73 Å². The Bertz CT molecular complexity index is 1120. The number of nitrogens with one attached hydrogen (secondary N) is 1. The van der Waals surface area contributed by atoms with E-state index in [1.54, 1.807) is 46.5 Å². The number of hydrogen-bond donors (Lipinski definition) is 2. The lowest BCUT2D eigenvalue weighted by Gasteiger charge is -2.02. The number of hydrogen-bond acceptors (Lipinski definition) is 5. The van der Waals surface area contributed by atoms with Gasteiger partial charge in [0.2, 0.25) is 0 Å². The van der Waals surface area contributed by atoms with E-state index in [9.17, 15) is 4.79 Å². The van der Waals surface area contributed by atoms with Crippen molar-refractivity contribution in [3.8, 4) is 16.3 Å². The van der Waals surface area contributed by atoms with Crippen LogP contribution in [0.25, 0.3) is 16.3 Å². The van der Waals surface area contributed by atoms with Crippen molar-refractivity contribution in [1.29, 1.82) is 0 Å². The molecule has 0 fully saturated rings. The number of carbonyl (C=O) groups excluding carboxylic acids is 1. The summed E-state index contributed by atoms with van der Waals surface area (Å²) < 4.78 is 1.80. The number of rotatable bonds is 5. The Balaban J connectivity index is 1.61. The van der Waals surface area contributed by atoms with Crippen molar-refractivity contribution in [2.75, 3.05) is 5.73 Å². The number of nitrogens with two attached hydrogens (primary N) is 1. The highest BCUT2D eigenvalue weighted by Gasteiger charge is 2.12. The van der Waals surface area contributed by atoms with Crippen LogP contribution >= 0.6 is 11.3 Å². The predicted molar refractivity (Wildman–Crippen MR) is 113 cm³/mol. The fraction of sp³-hybridized carbons (Fsp3) is 0. The monoisotopic (exact) mass is 387 g/mol. The molecule has 2 heterocycles. The molecule has 2 aromatic heterocycles. The molecular formula is C21H17N5OS. The smallest absolute Gasteiger partial charge is 0.273 e. The van der Waals surface area contributed by atoms with Crippen LogP contribution in [-0.2, 0) is 0 Å². The summed E-state index contributed by atoms with van der Waals surface area (Å²) in [5, 5.41) is 10.8. The first-order chi connectivity index (χ1) is 13.7. The topological polar surface area (TPSA) is 85.3 Å². The van der Waals surface area contributed by atoms with E-state index in [0.29, 0.717) is 11.3 Å². The van der Waals surface area contributed by atoms with Gasteiger partial charge in [0.25, 0.3) is 5.91 Å². The van der Waals surface area contributed by atoms with Crippen LogP contribution in [0, 0.1) is 0 Å². The summed E-state index contributed by atoms with van der Waals surface area (Å²) in [4.78, 5) is 13.3. The van der Waals surface area contributed by atoms with Crippen LogP contribution in [-0.4, -0.2) is 21.9 Å². The van der Waals surface area contributed by atoms with Crippen molar-refractivity contribution in [1.82, 2.24) is 15.2 Å². The van der Waals surface area contributed by atoms with Crippen molar-refractivity contribution in [3.05, 3.63) is 89.4 Å². The van der Waals surface area contributed by atoms with Crippen molar-refractivity contribution in [2.24, 2.45) is 5.10 Å². The Kier molecular flexibility index (Phi) is 4.99. The van der Waals surface area contributed by atoms with Crippen LogP contribution in [0.15, 0.2) is 83.4 Å². The lowest BCUT2D eigenvalue weighted by molar-refractivity contribution is 0.0956. The number of thiophene rings is 1. The molecule has 1 amide bonds. The number of hydrazone groups is 1. The van der Waals surface area contributed by atoms with E-state index in [4.69, 9.17) is 10.8 Å². The molecule has 0 atom stereocenters. The summed E-state index contributed by atoms with van der Waals surface area (Å²) >= 11 is 1.60. The van der Waals surface area contributed by atoms with Gasteiger partial charge in [0.05, 0.1) is 22.3 Å². The number of nitrogen functional groups attached to an aromatic ring is 1. The maximum absolute atomic E-state index is 12.3. The molecule has 0 aliphatic rings. The highest BCUT2D eigenvalue weighted by molar-refractivity contribution is 7.13. The van der Waals surface area contributed by atoms with Crippen LogP contribution in [0.3, 0.4) is 0 Å². The maximum Gasteiger partial charge on any atom is 0.273 e. The third-order valence-corrected chi connectivity index (χ3v) is 4.97. The Morgan fingerprint density at radius 3 is 2.61 bits per heavy atom. The molecule has 0 spiro atoms. The summed E-state index contributed by atoms with van der Waals surface area (Å²) in [7, 11) is 0. The van der Waals surface area contributed by atoms with Gasteiger partial charge in [-0.05, 0) is 35.7 Å². The Labute approximate surface area is 165 Å². The number of anilines is 1. The first kappa shape index (κ1) is 17.7. The van der Waals surface area contributed by atoms with Crippen LogP contribution in [0.2, 0.25) is 0 Å². The van der Waals surface area contributed by atoms with Crippen LogP contribution < -0.4 is 11.2 Å². The summed E-state index contributed by atoms with van der Waals surface area (Å²) in [6.07, 6.45) is 3.48. The summed E-state index contributed by atoms with van der Waals surface area (Å²) in [5.74, 6) is -0.359. The van der Waals surface area contributed by atoms with Gasteiger partial charge in [-0.25, -0.2) is 10.1 Å². The molecule has 4 aromatic rings. The molecule has 0 unspecified atom stereocenters. The molecule has 3 N–H and O–H groups in total. The van der Waals surface area contributed by atoms with Crippen LogP contribution in [0.4, 0.5) is 5.69 Å². The normalized spacial score (nSPS) is 11.0. The Hall–Kier alpha value is -3.71. The minimum Gasteiger partial charge on any atom is -0.398 e. The van der Waals surface area contributed by atoms with Gasteiger partial charge in [-0.3, -0.25) is 4.79 Å². The van der Waals surface area contributed by atoms with E-state index >= 15 is 0 Å². The van der Waals surface area contributed by atoms with Gasteiger partial charge in [-0.1, -0.05) is 36.4 Å². The minimum atomic E-state index is -0.359. The highest BCUT2D eigenvalue weighted by atomic mass is 32.1. The van der Waals surface area contributed by atoms with Gasteiger partial charge in [-0.15, -0.1) is 11.3 Å². The summed E-state index contributed by atoms with van der Waals surface area (Å²) in [6, 6.07) is 20.7. The van der Waals surface area contributed by atoms with E-state index in [1.165, 1.54) is 0 Å². The number of carbonyl (C=O) groups is 1. The second-order valence-corrected chi connectivity index (χ2v) is 6.92. The quantitative estimate of drug-likeness (QED) is 0.309. The van der Waals surface area contributed by atoms with Gasteiger partial charge in [-0.2, -0.15) is 10.2 Å². The van der Waals surface area contributed by atoms with E-state index in [-0.39, 0.29) is 5.91 Å². The SMILES string of the molecule is Nc1ccccc1C(=O)N/N=C/c1cn(-c2ccccc2)nc1-c1cccs1. The average molecular weight is 387 g/mol. The molecule has 28 heavy (non-hydrogen) atoms. The second kappa shape index (κ2) is 7.89. The summed E-state index contributed by atoms with van der Waals surface area (Å²) in [5.41, 5.74) is 11.7. The van der Waals surface area contributed by atoms with Gasteiger partial charge in [0, 0.05) is 17.4 Å². The molecule has 7 heteroatoms. The lowest BCUT2D eigenvalue weighted by atomic mass is 10.2. The number of benzene rings is 2. The first-order valence-corrected chi connectivity index (χ1v) is 9.47. The predicted octanol–water partition coefficient (Wildman–Crippen LogP) is 3.95. The third kappa shape index (κ3) is 3.70. The zero-order valence-electron chi connectivity index (χ0n) is 14.8. The molecule has 0 aliphatic carbocycles. The molecule has 138 valence electrons. The molecule has 6 nitrogen and oxygen atoms in total. The van der Waals surface area contributed by atoms with Crippen molar-refractivity contribution >= 4 is 29.1 Å². The standard InChI is InChI=1S/C21H17N5OS/c22-18-10-5-4-9-17(18)21(27)24-23-13-15-14-26(16-7-2-1-3-8-16)25-20(15)19-11-6-12-28-19/h1-14H,22H2,(H,24,27)/b23-13+. The molecule has 0 bridgehead atoms. The number of para-hydroxylation sites is 2. The number of amides is 1. The van der Waals surface area contributed by atoms with Gasteiger partial charge in [0.15, 0.2) is 0 Å². The number of nitrogens with zero attached hydrogens (tertiary/aromatic N) is 3. The fourth-order valence-corrected chi connectivity index (χ4v) is 3.46. The molecule has 0 aliphatic heterocycles. The number of aromatic nitrogens is 2. The largest absolute Gasteiger partial charge is 0.398 e. The van der Waals surface area contributed by atoms with Gasteiger partial charge in [0.1, 0.15) is 5.69 Å². The lowest BCUT2D eigenvalue weighted by Crippen LogP contribution is -2.19. The molecule has 0 radical (unpaired) electrons. The molecule has 0 saturated carbocycles. The molecular weight excluding hydrogens is 370 g/mol. The van der Waals surface area contributed by atoms with E-state index in [0.717, 1.165) is 21.8 Å². The van der Waals surface area contributed by atoms with E-state index in [2.05, 4.69) is 10.5 Å². The first-order valence-electron chi connectivity index (χ1n) is 8.59. The van der Waals surface area contributed by atoms with E-state index < -0.39 is 0 Å². The van der Waals surface area contributed by atoms with Crippen molar-refractivity contribution in [2.45, 2.75) is 0 Å². The average Bonchev–Trinajstić information content (AvgIpc) is 3.39. The van der Waals surface area contributed by atoms with Crippen LogP contribution in [0.1, 0.15) is 15.9 Å². The Morgan fingerprint density at radius 1 is 1.07 bits per heavy atom. The molecule has 0 saturated heterocycles. The molecule has 2 aromatic carbocycles. The Morgan fingerprint density at radius 2 is 1.86 bits per heavy atom. The zero-order valence-corrected chi connectivity index (χ0v) is 15.6. The van der Waals surface area contributed by atoms with Crippen molar-refractivity contribution in [3.63, 3.8) is 0 Å². The zero-order chi connectivity index (χ0) is 19.3. The maximum atomic E-state index is 12.3. The fourth-order valence-electron chi connectivity index (χ4n) is 2.72. The second-order valence-electron chi connectivity index (χ2n) is 5.98.